The zero-order valence-corrected chi connectivity index (χ0v) is 24.9. The molecular weight excluding hydrogens is 554 g/mol. The molecule has 234 valence electrons. The maximum Gasteiger partial charge on any atom is 0.418 e. The SMILES string of the molecule is CC(C)(C)N1C[C@@H](O)C[C@@H]1C(=O)NC(C(O)CCc1ccccc1)N(C(=O)OCc1ccccc1)C(=O)[C@@H](N)CC(N)=O. The van der Waals surface area contributed by atoms with Gasteiger partial charge in [-0.2, -0.15) is 0 Å². The number of nitrogens with two attached hydrogens (primary N) is 2. The topological polar surface area (TPSA) is 189 Å². The summed E-state index contributed by atoms with van der Waals surface area (Å²) in [6.07, 6.45) is -5.05. The molecule has 1 aliphatic rings. The minimum absolute atomic E-state index is 0.0477. The summed E-state index contributed by atoms with van der Waals surface area (Å²) in [5.74, 6) is -2.53. The van der Waals surface area contributed by atoms with E-state index in [1.54, 1.807) is 30.3 Å². The van der Waals surface area contributed by atoms with Crippen LogP contribution in [0.1, 0.15) is 51.2 Å². The number of benzene rings is 2. The molecule has 0 bridgehead atoms. The van der Waals surface area contributed by atoms with Crippen molar-refractivity contribution in [2.24, 2.45) is 11.5 Å². The number of ether oxygens (including phenoxy) is 1. The Hall–Kier alpha value is -3.84. The Morgan fingerprint density at radius 1 is 1.05 bits per heavy atom. The number of aliphatic hydroxyl groups excluding tert-OH is 2. The molecule has 0 radical (unpaired) electrons. The van der Waals surface area contributed by atoms with Gasteiger partial charge in [0.2, 0.25) is 11.8 Å². The Balaban J connectivity index is 1.96. The summed E-state index contributed by atoms with van der Waals surface area (Å²) in [6, 6.07) is 15.6. The van der Waals surface area contributed by atoms with Gasteiger partial charge in [-0.1, -0.05) is 60.7 Å². The van der Waals surface area contributed by atoms with Crippen LogP contribution in [-0.4, -0.2) is 86.4 Å². The lowest BCUT2D eigenvalue weighted by molar-refractivity contribution is -0.141. The zero-order chi connectivity index (χ0) is 31.7. The number of β-amino-alcohol motifs (C(OH)–C–C–N with tert-alkyl or cyclic N) is 1. The van der Waals surface area contributed by atoms with Crippen LogP contribution < -0.4 is 16.8 Å². The van der Waals surface area contributed by atoms with Crippen molar-refractivity contribution < 1.29 is 34.1 Å². The molecule has 0 aromatic heterocycles. The molecule has 2 unspecified atom stereocenters. The van der Waals surface area contributed by atoms with Crippen molar-refractivity contribution >= 4 is 23.8 Å². The Morgan fingerprint density at radius 2 is 1.63 bits per heavy atom. The van der Waals surface area contributed by atoms with E-state index in [2.05, 4.69) is 5.32 Å². The first kappa shape index (κ1) is 33.7. The third-order valence-corrected chi connectivity index (χ3v) is 7.33. The molecule has 2 aromatic carbocycles. The van der Waals surface area contributed by atoms with Gasteiger partial charge < -0.3 is 31.7 Å². The van der Waals surface area contributed by atoms with Gasteiger partial charge in [-0.3, -0.25) is 19.3 Å². The van der Waals surface area contributed by atoms with E-state index in [9.17, 15) is 29.4 Å². The number of aryl methyl sites for hydroxylation is 1. The molecule has 1 aliphatic heterocycles. The van der Waals surface area contributed by atoms with Crippen LogP contribution >= 0.6 is 0 Å². The third-order valence-electron chi connectivity index (χ3n) is 7.33. The molecule has 0 aliphatic carbocycles. The lowest BCUT2D eigenvalue weighted by Crippen LogP contribution is -2.64. The van der Waals surface area contributed by atoms with Gasteiger partial charge >= 0.3 is 6.09 Å². The summed E-state index contributed by atoms with van der Waals surface area (Å²) in [5, 5.41) is 24.5. The van der Waals surface area contributed by atoms with Crippen molar-refractivity contribution in [3.63, 3.8) is 0 Å². The predicted octanol–water partition coefficient (Wildman–Crippen LogP) is 1.02. The number of aliphatic hydroxyl groups is 2. The molecule has 1 fully saturated rings. The average molecular weight is 598 g/mol. The lowest BCUT2D eigenvalue weighted by Gasteiger charge is -2.38. The number of amides is 4. The number of nitrogens with one attached hydrogen (secondary N) is 1. The molecule has 2 aromatic rings. The van der Waals surface area contributed by atoms with Crippen molar-refractivity contribution in [1.29, 1.82) is 0 Å². The largest absolute Gasteiger partial charge is 0.444 e. The maximum atomic E-state index is 13.7. The highest BCUT2D eigenvalue weighted by atomic mass is 16.6. The number of nitrogens with zero attached hydrogens (tertiary/aromatic N) is 2. The Labute approximate surface area is 252 Å². The predicted molar refractivity (Wildman–Crippen MR) is 159 cm³/mol. The van der Waals surface area contributed by atoms with Gasteiger partial charge in [0, 0.05) is 12.1 Å². The minimum atomic E-state index is -1.61. The quantitative estimate of drug-likeness (QED) is 0.223. The number of hydrogen-bond donors (Lipinski definition) is 5. The van der Waals surface area contributed by atoms with Gasteiger partial charge in [0.25, 0.3) is 5.91 Å². The van der Waals surface area contributed by atoms with Crippen molar-refractivity contribution in [2.75, 3.05) is 6.54 Å². The molecule has 1 heterocycles. The maximum absolute atomic E-state index is 13.7. The molecule has 4 amide bonds. The van der Waals surface area contributed by atoms with Crippen LogP contribution in [0.15, 0.2) is 60.7 Å². The molecule has 5 atom stereocenters. The average Bonchev–Trinajstić information content (AvgIpc) is 3.37. The highest BCUT2D eigenvalue weighted by Gasteiger charge is 2.45. The number of hydrogen-bond acceptors (Lipinski definition) is 9. The standard InChI is InChI=1S/C31H43N5O7/c1-31(2,3)35-18-22(37)16-24(35)28(40)34-27(25(38)15-14-20-10-6-4-7-11-20)36(29(41)23(32)17-26(33)39)30(42)43-19-21-12-8-5-9-13-21/h4-13,22-25,27,37-38H,14-19,32H2,1-3H3,(H2,33,39)(H,34,40)/t22-,23-,24+,25?,27?/m0/s1. The second-order valence-electron chi connectivity index (χ2n) is 11.8. The number of imide groups is 1. The first-order valence-electron chi connectivity index (χ1n) is 14.3. The van der Waals surface area contributed by atoms with E-state index < -0.39 is 66.2 Å². The summed E-state index contributed by atoms with van der Waals surface area (Å²) in [6.45, 7) is 5.74. The van der Waals surface area contributed by atoms with Crippen LogP contribution in [0, 0.1) is 0 Å². The fourth-order valence-electron chi connectivity index (χ4n) is 5.11. The fourth-order valence-corrected chi connectivity index (χ4v) is 5.11. The molecule has 3 rings (SSSR count). The van der Waals surface area contributed by atoms with Gasteiger partial charge in [0.1, 0.15) is 12.8 Å². The monoisotopic (exact) mass is 597 g/mol. The van der Waals surface area contributed by atoms with E-state index in [-0.39, 0.29) is 26.0 Å². The number of likely N-dealkylation sites (tertiary alicyclic amines) is 1. The molecule has 0 spiro atoms. The first-order chi connectivity index (χ1) is 20.3. The van der Waals surface area contributed by atoms with Crippen LogP contribution in [0.5, 0.6) is 0 Å². The molecule has 43 heavy (non-hydrogen) atoms. The van der Waals surface area contributed by atoms with Crippen LogP contribution in [-0.2, 0) is 32.1 Å². The molecular formula is C31H43N5O7. The molecule has 12 nitrogen and oxygen atoms in total. The van der Waals surface area contributed by atoms with E-state index in [1.807, 2.05) is 56.0 Å². The van der Waals surface area contributed by atoms with Crippen molar-refractivity contribution in [3.05, 3.63) is 71.8 Å². The molecule has 12 heteroatoms. The van der Waals surface area contributed by atoms with Crippen LogP contribution in [0.3, 0.4) is 0 Å². The highest BCUT2D eigenvalue weighted by Crippen LogP contribution is 2.27. The summed E-state index contributed by atoms with van der Waals surface area (Å²) in [7, 11) is 0. The van der Waals surface area contributed by atoms with E-state index in [1.165, 1.54) is 0 Å². The van der Waals surface area contributed by atoms with Gasteiger partial charge in [-0.05, 0) is 51.2 Å². The van der Waals surface area contributed by atoms with E-state index in [0.717, 1.165) is 5.56 Å². The van der Waals surface area contributed by atoms with Gasteiger partial charge in [-0.25, -0.2) is 9.69 Å². The zero-order valence-electron chi connectivity index (χ0n) is 24.9. The van der Waals surface area contributed by atoms with Gasteiger partial charge in [0.15, 0.2) is 0 Å². The van der Waals surface area contributed by atoms with Crippen LogP contribution in [0.25, 0.3) is 0 Å². The second-order valence-corrected chi connectivity index (χ2v) is 11.8. The number of carbonyl (C=O) groups is 4. The summed E-state index contributed by atoms with van der Waals surface area (Å²) < 4.78 is 5.44. The lowest BCUT2D eigenvalue weighted by atomic mass is 10.0. The normalized spacial score (nSPS) is 19.2. The van der Waals surface area contributed by atoms with Gasteiger partial charge in [-0.15, -0.1) is 0 Å². The number of carbonyl (C=O) groups excluding carboxylic acids is 4. The van der Waals surface area contributed by atoms with Crippen molar-refractivity contribution in [3.8, 4) is 0 Å². The van der Waals surface area contributed by atoms with Crippen molar-refractivity contribution in [1.82, 2.24) is 15.1 Å². The number of primary amides is 1. The Bertz CT molecular complexity index is 1240. The summed E-state index contributed by atoms with van der Waals surface area (Å²) in [4.78, 5) is 54.9. The Kier molecular flexibility index (Phi) is 11.8. The van der Waals surface area contributed by atoms with E-state index in [0.29, 0.717) is 16.9 Å². The van der Waals surface area contributed by atoms with E-state index >= 15 is 0 Å². The molecule has 1 saturated heterocycles. The minimum Gasteiger partial charge on any atom is -0.444 e. The fraction of sp³-hybridized carbons (Fsp3) is 0.484. The summed E-state index contributed by atoms with van der Waals surface area (Å²) >= 11 is 0. The Morgan fingerprint density at radius 3 is 2.19 bits per heavy atom. The highest BCUT2D eigenvalue weighted by molar-refractivity contribution is 5.98. The molecule has 0 saturated carbocycles. The smallest absolute Gasteiger partial charge is 0.418 e. The first-order valence-corrected chi connectivity index (χ1v) is 14.3. The molecule has 7 N–H and O–H groups in total. The number of rotatable bonds is 12. The van der Waals surface area contributed by atoms with Crippen LogP contribution in [0.4, 0.5) is 4.79 Å². The summed E-state index contributed by atoms with van der Waals surface area (Å²) in [5.41, 5.74) is 12.3. The van der Waals surface area contributed by atoms with Gasteiger partial charge in [0.05, 0.1) is 30.7 Å². The van der Waals surface area contributed by atoms with E-state index in [4.69, 9.17) is 16.2 Å². The second kappa shape index (κ2) is 15.1. The van der Waals surface area contributed by atoms with Crippen LogP contribution in [0.2, 0.25) is 0 Å². The van der Waals surface area contributed by atoms with Crippen molar-refractivity contribution in [2.45, 2.75) is 89.1 Å². The third kappa shape index (κ3) is 9.58.